The summed E-state index contributed by atoms with van der Waals surface area (Å²) in [6.07, 6.45) is 1.20. The van der Waals surface area contributed by atoms with Crippen molar-refractivity contribution in [3.05, 3.63) is 93.4 Å². The van der Waals surface area contributed by atoms with Crippen molar-refractivity contribution in [3.8, 4) is 5.75 Å². The van der Waals surface area contributed by atoms with E-state index in [1.165, 1.54) is 10.8 Å². The number of benzene rings is 2. The number of nitrogens with one attached hydrogen (secondary N) is 2. The lowest BCUT2D eigenvalue weighted by Gasteiger charge is -2.21. The van der Waals surface area contributed by atoms with Crippen molar-refractivity contribution < 1.29 is 19.8 Å². The second kappa shape index (κ2) is 10.0. The molecule has 0 aliphatic heterocycles. The number of carbonyl (C=O) groups is 2. The number of hydrogen-bond donors (Lipinski definition) is 4. The van der Waals surface area contributed by atoms with Crippen LogP contribution in [-0.4, -0.2) is 26.8 Å². The van der Waals surface area contributed by atoms with Gasteiger partial charge in [0, 0.05) is 11.8 Å². The van der Waals surface area contributed by atoms with Crippen LogP contribution in [0.1, 0.15) is 47.7 Å². The van der Waals surface area contributed by atoms with Gasteiger partial charge in [-0.3, -0.25) is 9.59 Å². The van der Waals surface area contributed by atoms with Crippen molar-refractivity contribution >= 4 is 17.7 Å². The molecule has 0 saturated carbocycles. The van der Waals surface area contributed by atoms with Gasteiger partial charge in [0.25, 0.3) is 5.56 Å². The third-order valence-corrected chi connectivity index (χ3v) is 5.49. The molecule has 2 amide bonds. The second-order valence-electron chi connectivity index (χ2n) is 7.99. The quantitative estimate of drug-likeness (QED) is 0.432. The van der Waals surface area contributed by atoms with E-state index >= 15 is 0 Å². The largest absolute Gasteiger partial charge is 0.505 e. The Bertz CT molecular complexity index is 1200. The summed E-state index contributed by atoms with van der Waals surface area (Å²) < 4.78 is 1.44. The van der Waals surface area contributed by atoms with Crippen LogP contribution in [0.15, 0.2) is 65.6 Å². The standard InChI is InChI=1S/C25H27N3O5/c1-15-9-11-19(12-10-15)20(13-21(29)30)26-25(33)27-22-23(31)16(2)14-28(24(22)32)17(3)18-7-5-4-6-8-18/h4-12,14,17,20,31H,13H2,1-3H3,(H,29,30)(H2,26,27,33)/t17-,20+/m1/s1. The Morgan fingerprint density at radius 2 is 1.64 bits per heavy atom. The van der Waals surface area contributed by atoms with E-state index in [1.54, 1.807) is 19.1 Å². The minimum absolute atomic E-state index is 0.270. The fraction of sp³-hybridized carbons (Fsp3) is 0.240. The number of pyridine rings is 1. The first-order valence-corrected chi connectivity index (χ1v) is 10.5. The number of rotatable bonds is 7. The number of anilines is 1. The third kappa shape index (κ3) is 5.60. The molecule has 172 valence electrons. The first kappa shape index (κ1) is 23.6. The van der Waals surface area contributed by atoms with Crippen LogP contribution in [0, 0.1) is 13.8 Å². The number of aliphatic carboxylic acids is 1. The first-order valence-electron chi connectivity index (χ1n) is 10.5. The summed E-state index contributed by atoms with van der Waals surface area (Å²) in [5.74, 6) is -1.42. The number of carbonyl (C=O) groups excluding carboxylic acids is 1. The predicted molar refractivity (Wildman–Crippen MR) is 126 cm³/mol. The second-order valence-corrected chi connectivity index (χ2v) is 7.99. The zero-order valence-electron chi connectivity index (χ0n) is 18.7. The Morgan fingerprint density at radius 3 is 2.24 bits per heavy atom. The zero-order valence-corrected chi connectivity index (χ0v) is 18.7. The summed E-state index contributed by atoms with van der Waals surface area (Å²) in [7, 11) is 0. The van der Waals surface area contributed by atoms with E-state index in [0.717, 1.165) is 11.1 Å². The van der Waals surface area contributed by atoms with Crippen molar-refractivity contribution in [3.63, 3.8) is 0 Å². The number of aromatic hydroxyl groups is 1. The molecule has 4 N–H and O–H groups in total. The monoisotopic (exact) mass is 449 g/mol. The van der Waals surface area contributed by atoms with Crippen molar-refractivity contribution in [1.82, 2.24) is 9.88 Å². The summed E-state index contributed by atoms with van der Waals surface area (Å²) in [5, 5.41) is 24.8. The van der Waals surface area contributed by atoms with Gasteiger partial charge in [-0.05, 0) is 31.9 Å². The van der Waals surface area contributed by atoms with Crippen LogP contribution in [0.3, 0.4) is 0 Å². The van der Waals surface area contributed by atoms with Gasteiger partial charge < -0.3 is 25.4 Å². The van der Waals surface area contributed by atoms with Crippen molar-refractivity contribution in [2.24, 2.45) is 0 Å². The molecule has 3 aromatic rings. The SMILES string of the molecule is Cc1ccc([C@H](CC(=O)O)NC(=O)Nc2c(O)c(C)cn([C@H](C)c3ccccc3)c2=O)cc1. The molecule has 3 rings (SSSR count). The van der Waals surface area contributed by atoms with E-state index < -0.39 is 23.6 Å². The summed E-state index contributed by atoms with van der Waals surface area (Å²) in [4.78, 5) is 37.2. The summed E-state index contributed by atoms with van der Waals surface area (Å²) in [5.41, 5.74) is 2.06. The lowest BCUT2D eigenvalue weighted by molar-refractivity contribution is -0.137. The van der Waals surface area contributed by atoms with Gasteiger partial charge in [-0.1, -0.05) is 60.2 Å². The maximum atomic E-state index is 13.1. The number of carboxylic acids is 1. The average Bonchev–Trinajstić information content (AvgIpc) is 2.79. The van der Waals surface area contributed by atoms with Crippen molar-refractivity contribution in [2.75, 3.05) is 5.32 Å². The fourth-order valence-electron chi connectivity index (χ4n) is 3.58. The molecule has 0 spiro atoms. The summed E-state index contributed by atoms with van der Waals surface area (Å²) >= 11 is 0. The van der Waals surface area contributed by atoms with Gasteiger partial charge in [0.05, 0.1) is 18.5 Å². The summed E-state index contributed by atoms with van der Waals surface area (Å²) in [6.45, 7) is 5.38. The average molecular weight is 450 g/mol. The zero-order chi connectivity index (χ0) is 24.1. The van der Waals surface area contributed by atoms with Gasteiger partial charge in [0.1, 0.15) is 5.75 Å². The topological polar surface area (TPSA) is 121 Å². The van der Waals surface area contributed by atoms with E-state index in [2.05, 4.69) is 10.6 Å². The van der Waals surface area contributed by atoms with Crippen LogP contribution < -0.4 is 16.2 Å². The number of aromatic nitrogens is 1. The van der Waals surface area contributed by atoms with Crippen LogP contribution in [-0.2, 0) is 4.79 Å². The lowest BCUT2D eigenvalue weighted by Crippen LogP contribution is -2.36. The molecule has 0 radical (unpaired) electrons. The molecule has 0 aliphatic carbocycles. The molecule has 0 aliphatic rings. The molecular formula is C25H27N3O5. The molecule has 0 unspecified atom stereocenters. The van der Waals surface area contributed by atoms with Gasteiger partial charge in [0.2, 0.25) is 0 Å². The van der Waals surface area contributed by atoms with Gasteiger partial charge in [-0.2, -0.15) is 0 Å². The number of nitrogens with zero attached hydrogens (tertiary/aromatic N) is 1. The normalized spacial score (nSPS) is 12.6. The predicted octanol–water partition coefficient (Wildman–Crippen LogP) is 4.12. The summed E-state index contributed by atoms with van der Waals surface area (Å²) in [6, 6.07) is 14.5. The number of amides is 2. The molecule has 8 heteroatoms. The van der Waals surface area contributed by atoms with E-state index in [9.17, 15) is 24.6 Å². The fourth-order valence-corrected chi connectivity index (χ4v) is 3.58. The number of carboxylic acid groups (broad SMARTS) is 1. The van der Waals surface area contributed by atoms with Gasteiger partial charge in [-0.25, -0.2) is 4.79 Å². The first-order chi connectivity index (χ1) is 15.7. The van der Waals surface area contributed by atoms with Gasteiger partial charge >= 0.3 is 12.0 Å². The Balaban J connectivity index is 1.89. The highest BCUT2D eigenvalue weighted by Gasteiger charge is 2.22. The molecule has 33 heavy (non-hydrogen) atoms. The molecule has 1 heterocycles. The molecule has 2 aromatic carbocycles. The van der Waals surface area contributed by atoms with Gasteiger partial charge in [0.15, 0.2) is 5.69 Å². The molecule has 0 fully saturated rings. The number of aryl methyl sites for hydroxylation is 2. The minimum Gasteiger partial charge on any atom is -0.505 e. The van der Waals surface area contributed by atoms with Crippen LogP contribution >= 0.6 is 0 Å². The molecule has 0 saturated heterocycles. The highest BCUT2D eigenvalue weighted by Crippen LogP contribution is 2.26. The Kier molecular flexibility index (Phi) is 7.17. The molecule has 2 atom stereocenters. The van der Waals surface area contributed by atoms with E-state index in [0.29, 0.717) is 11.1 Å². The highest BCUT2D eigenvalue weighted by molar-refractivity contribution is 5.91. The Morgan fingerprint density at radius 1 is 1.00 bits per heavy atom. The van der Waals surface area contributed by atoms with Crippen molar-refractivity contribution in [1.29, 1.82) is 0 Å². The highest BCUT2D eigenvalue weighted by atomic mass is 16.4. The smallest absolute Gasteiger partial charge is 0.319 e. The Hall–Kier alpha value is -4.07. The number of hydrogen-bond acceptors (Lipinski definition) is 4. The van der Waals surface area contributed by atoms with Crippen LogP contribution in [0.4, 0.5) is 10.5 Å². The maximum absolute atomic E-state index is 13.1. The van der Waals surface area contributed by atoms with E-state index in [4.69, 9.17) is 0 Å². The molecular weight excluding hydrogens is 422 g/mol. The lowest BCUT2D eigenvalue weighted by atomic mass is 10.0. The Labute approximate surface area is 191 Å². The minimum atomic E-state index is -1.08. The molecule has 1 aromatic heterocycles. The van der Waals surface area contributed by atoms with Crippen LogP contribution in [0.2, 0.25) is 0 Å². The maximum Gasteiger partial charge on any atom is 0.319 e. The van der Waals surface area contributed by atoms with Crippen LogP contribution in [0.25, 0.3) is 0 Å². The van der Waals surface area contributed by atoms with Gasteiger partial charge in [-0.15, -0.1) is 0 Å². The van der Waals surface area contributed by atoms with Crippen molar-refractivity contribution in [2.45, 2.75) is 39.3 Å². The van der Waals surface area contributed by atoms with E-state index in [1.807, 2.05) is 56.3 Å². The third-order valence-electron chi connectivity index (χ3n) is 5.49. The van der Waals surface area contributed by atoms with Crippen LogP contribution in [0.5, 0.6) is 5.75 Å². The van der Waals surface area contributed by atoms with E-state index in [-0.39, 0.29) is 23.9 Å². The molecule has 0 bridgehead atoms. The number of urea groups is 1. The molecule has 8 nitrogen and oxygen atoms in total.